The number of hydrogen-bond acceptors (Lipinski definition) is 6. The minimum atomic E-state index is -1.11. The first-order chi connectivity index (χ1) is 11.7. The fourth-order valence-electron chi connectivity index (χ4n) is 4.08. The lowest BCUT2D eigenvalue weighted by atomic mass is 9.66. The third kappa shape index (κ3) is 3.50. The molecule has 1 saturated heterocycles. The van der Waals surface area contributed by atoms with Crippen molar-refractivity contribution in [3.8, 4) is 0 Å². The lowest BCUT2D eigenvalue weighted by Gasteiger charge is -2.35. The summed E-state index contributed by atoms with van der Waals surface area (Å²) >= 11 is 0. The van der Waals surface area contributed by atoms with Crippen molar-refractivity contribution < 1.29 is 28.6 Å². The van der Waals surface area contributed by atoms with Crippen LogP contribution in [0, 0.1) is 16.7 Å². The van der Waals surface area contributed by atoms with E-state index in [1.807, 2.05) is 6.92 Å². The minimum Gasteiger partial charge on any atom is -0.465 e. The summed E-state index contributed by atoms with van der Waals surface area (Å²) in [6.45, 7) is 10.2. The Bertz CT molecular complexity index is 577. The van der Waals surface area contributed by atoms with Crippen molar-refractivity contribution in [3.63, 3.8) is 0 Å². The topological polar surface area (TPSA) is 78.9 Å². The molecule has 0 N–H and O–H groups in total. The molecular formula is C19H28O6. The number of fused-ring (bicyclic) bond motifs is 1. The number of carbonyl (C=O) groups is 3. The molecule has 3 atom stereocenters. The van der Waals surface area contributed by atoms with Crippen LogP contribution in [0.1, 0.15) is 47.5 Å². The van der Waals surface area contributed by atoms with Crippen molar-refractivity contribution in [2.75, 3.05) is 19.8 Å². The molecule has 0 unspecified atom stereocenters. The zero-order valence-corrected chi connectivity index (χ0v) is 15.7. The molecule has 0 amide bonds. The number of hydrogen-bond donors (Lipinski definition) is 0. The third-order valence-electron chi connectivity index (χ3n) is 5.60. The SMILES string of the molecule is CCOC(=O)C(/C=C(\C)[C@@H]1OC[C@]2(C)CC(=O)C[C@]12C)C(=O)OCC. The van der Waals surface area contributed by atoms with Gasteiger partial charge in [0.2, 0.25) is 0 Å². The van der Waals surface area contributed by atoms with E-state index in [-0.39, 0.29) is 35.9 Å². The maximum Gasteiger partial charge on any atom is 0.324 e. The van der Waals surface area contributed by atoms with Crippen LogP contribution in [0.2, 0.25) is 0 Å². The number of rotatable bonds is 6. The van der Waals surface area contributed by atoms with Crippen LogP contribution in [0.15, 0.2) is 11.6 Å². The minimum absolute atomic E-state index is 0.186. The Labute approximate surface area is 148 Å². The molecule has 2 fully saturated rings. The molecule has 140 valence electrons. The molecule has 6 heteroatoms. The van der Waals surface area contributed by atoms with E-state index in [2.05, 4.69) is 13.8 Å². The van der Waals surface area contributed by atoms with Crippen LogP contribution in [0.25, 0.3) is 0 Å². The van der Waals surface area contributed by atoms with Gasteiger partial charge in [-0.3, -0.25) is 14.4 Å². The second-order valence-corrected chi connectivity index (χ2v) is 7.45. The third-order valence-corrected chi connectivity index (χ3v) is 5.60. The summed E-state index contributed by atoms with van der Waals surface area (Å²) in [4.78, 5) is 36.4. The molecule has 0 spiro atoms. The van der Waals surface area contributed by atoms with Gasteiger partial charge in [-0.25, -0.2) is 0 Å². The smallest absolute Gasteiger partial charge is 0.324 e. The molecule has 2 rings (SSSR count). The highest BCUT2D eigenvalue weighted by molar-refractivity contribution is 5.97. The Kier molecular flexibility index (Phi) is 5.72. The molecule has 1 heterocycles. The van der Waals surface area contributed by atoms with E-state index in [1.54, 1.807) is 19.9 Å². The molecule has 1 aliphatic carbocycles. The van der Waals surface area contributed by atoms with Crippen molar-refractivity contribution in [1.82, 2.24) is 0 Å². The lowest BCUT2D eigenvalue weighted by molar-refractivity contribution is -0.159. The van der Waals surface area contributed by atoms with Crippen molar-refractivity contribution in [3.05, 3.63) is 11.6 Å². The van der Waals surface area contributed by atoms with Gasteiger partial charge in [0.05, 0.1) is 25.9 Å². The first-order valence-electron chi connectivity index (χ1n) is 8.83. The Morgan fingerprint density at radius 3 is 2.28 bits per heavy atom. The maximum absolute atomic E-state index is 12.2. The van der Waals surface area contributed by atoms with Crippen LogP contribution in [0.3, 0.4) is 0 Å². The van der Waals surface area contributed by atoms with Crippen molar-refractivity contribution in [2.45, 2.75) is 53.6 Å². The van der Waals surface area contributed by atoms with E-state index in [4.69, 9.17) is 14.2 Å². The summed E-state index contributed by atoms with van der Waals surface area (Å²) in [5, 5.41) is 0. The van der Waals surface area contributed by atoms with Crippen LogP contribution in [0.5, 0.6) is 0 Å². The molecule has 0 aromatic heterocycles. The summed E-state index contributed by atoms with van der Waals surface area (Å²) in [5.41, 5.74) is 0.207. The van der Waals surface area contributed by atoms with Gasteiger partial charge in [-0.15, -0.1) is 0 Å². The van der Waals surface area contributed by atoms with Crippen LogP contribution >= 0.6 is 0 Å². The highest BCUT2D eigenvalue weighted by Gasteiger charge is 2.61. The van der Waals surface area contributed by atoms with Gasteiger partial charge in [0.1, 0.15) is 5.78 Å². The summed E-state index contributed by atoms with van der Waals surface area (Å²) in [6.07, 6.45) is 2.21. The largest absolute Gasteiger partial charge is 0.465 e. The molecule has 1 aliphatic heterocycles. The second kappa shape index (κ2) is 7.28. The van der Waals surface area contributed by atoms with Crippen LogP contribution in [-0.4, -0.2) is 43.6 Å². The van der Waals surface area contributed by atoms with E-state index in [9.17, 15) is 14.4 Å². The van der Waals surface area contributed by atoms with Gasteiger partial charge in [0.25, 0.3) is 0 Å². The van der Waals surface area contributed by atoms with Gasteiger partial charge in [-0.2, -0.15) is 0 Å². The van der Waals surface area contributed by atoms with E-state index >= 15 is 0 Å². The average Bonchev–Trinajstić information content (AvgIpc) is 2.88. The van der Waals surface area contributed by atoms with Crippen molar-refractivity contribution in [2.24, 2.45) is 16.7 Å². The zero-order valence-electron chi connectivity index (χ0n) is 15.7. The van der Waals surface area contributed by atoms with Gasteiger partial charge < -0.3 is 14.2 Å². The number of ketones is 1. The van der Waals surface area contributed by atoms with E-state index in [1.165, 1.54) is 0 Å². The Balaban J connectivity index is 2.29. The standard InChI is InChI=1S/C19H28O6/c1-6-23-16(21)14(17(22)24-7-2)8-12(3)15-19(5)10-13(20)9-18(19,4)11-25-15/h8,14-15H,6-7,9-11H2,1-5H3/b12-8+/t15-,18-,19+/m0/s1. The van der Waals surface area contributed by atoms with Crippen molar-refractivity contribution >= 4 is 17.7 Å². The summed E-state index contributed by atoms with van der Waals surface area (Å²) in [5.74, 6) is -2.14. The molecule has 6 nitrogen and oxygen atoms in total. The second-order valence-electron chi connectivity index (χ2n) is 7.45. The molecule has 0 aromatic carbocycles. The predicted octanol–water partition coefficient (Wildman–Crippen LogP) is 2.45. The molecular weight excluding hydrogens is 324 g/mol. The number of ether oxygens (including phenoxy) is 3. The fourth-order valence-corrected chi connectivity index (χ4v) is 4.08. The highest BCUT2D eigenvalue weighted by atomic mass is 16.6. The molecule has 0 bridgehead atoms. The Morgan fingerprint density at radius 2 is 1.76 bits per heavy atom. The van der Waals surface area contributed by atoms with E-state index < -0.39 is 17.9 Å². The summed E-state index contributed by atoms with van der Waals surface area (Å²) in [7, 11) is 0. The zero-order chi connectivity index (χ0) is 18.8. The molecule has 1 saturated carbocycles. The fraction of sp³-hybridized carbons (Fsp3) is 0.737. The maximum atomic E-state index is 12.2. The normalized spacial score (nSPS) is 32.0. The summed E-state index contributed by atoms with van der Waals surface area (Å²) in [6, 6.07) is 0. The number of esters is 2. The van der Waals surface area contributed by atoms with Gasteiger partial charge >= 0.3 is 11.9 Å². The van der Waals surface area contributed by atoms with Gasteiger partial charge in [0.15, 0.2) is 5.92 Å². The highest BCUT2D eigenvalue weighted by Crippen LogP contribution is 2.59. The van der Waals surface area contributed by atoms with Gasteiger partial charge in [0, 0.05) is 23.7 Å². The molecule has 0 radical (unpaired) electrons. The van der Waals surface area contributed by atoms with Crippen LogP contribution in [0.4, 0.5) is 0 Å². The van der Waals surface area contributed by atoms with Crippen molar-refractivity contribution in [1.29, 1.82) is 0 Å². The van der Waals surface area contributed by atoms with Crippen LogP contribution in [-0.2, 0) is 28.6 Å². The lowest BCUT2D eigenvalue weighted by Crippen LogP contribution is -2.37. The van der Waals surface area contributed by atoms with Crippen LogP contribution < -0.4 is 0 Å². The first kappa shape index (κ1) is 19.6. The quantitative estimate of drug-likeness (QED) is 0.415. The van der Waals surface area contributed by atoms with E-state index in [0.717, 1.165) is 5.57 Å². The summed E-state index contributed by atoms with van der Waals surface area (Å²) < 4.78 is 16.0. The Morgan fingerprint density at radius 1 is 1.20 bits per heavy atom. The number of Topliss-reactive ketones (excluding diaryl/α,β-unsaturated/α-hetero) is 1. The predicted molar refractivity (Wildman–Crippen MR) is 90.7 cm³/mol. The average molecular weight is 352 g/mol. The van der Waals surface area contributed by atoms with Gasteiger partial charge in [-0.1, -0.05) is 19.9 Å². The number of carbonyl (C=O) groups excluding carboxylic acids is 3. The first-order valence-corrected chi connectivity index (χ1v) is 8.83. The molecule has 0 aromatic rings. The van der Waals surface area contributed by atoms with E-state index in [0.29, 0.717) is 19.4 Å². The van der Waals surface area contributed by atoms with Gasteiger partial charge in [-0.05, 0) is 26.3 Å². The molecule has 2 aliphatic rings. The molecule has 25 heavy (non-hydrogen) atoms. The monoisotopic (exact) mass is 352 g/mol. The Hall–Kier alpha value is -1.69.